The number of carbonyl (C=O) groups excluding carboxylic acids is 2. The molecule has 0 saturated carbocycles. The summed E-state index contributed by atoms with van der Waals surface area (Å²) in [6.07, 6.45) is 2.12. The Labute approximate surface area is 181 Å². The fraction of sp³-hybridized carbons (Fsp3) is 0.360. The van der Waals surface area contributed by atoms with Gasteiger partial charge in [-0.1, -0.05) is 45.0 Å². The quantitative estimate of drug-likeness (QED) is 0.497. The lowest BCUT2D eigenvalue weighted by Crippen LogP contribution is -2.43. The highest BCUT2D eigenvalue weighted by atomic mass is 16.6. The van der Waals surface area contributed by atoms with Crippen molar-refractivity contribution >= 4 is 23.1 Å². The van der Waals surface area contributed by atoms with E-state index in [1.807, 2.05) is 38.1 Å². The molecule has 1 aliphatic carbocycles. The molecule has 31 heavy (non-hydrogen) atoms. The molecule has 2 aromatic rings. The van der Waals surface area contributed by atoms with Gasteiger partial charge in [0, 0.05) is 47.8 Å². The lowest BCUT2D eigenvalue weighted by molar-refractivity contribution is -0.384. The van der Waals surface area contributed by atoms with Gasteiger partial charge >= 0.3 is 0 Å². The number of anilines is 1. The third kappa shape index (κ3) is 3.90. The maximum atomic E-state index is 13.4. The van der Waals surface area contributed by atoms with Crippen LogP contribution in [0.2, 0.25) is 0 Å². The third-order valence-electron chi connectivity index (χ3n) is 6.25. The van der Waals surface area contributed by atoms with E-state index in [4.69, 9.17) is 0 Å². The smallest absolute Gasteiger partial charge is 0.269 e. The standard InChI is InChI=1S/C25H26N2O4/c1-4-16-5-9-18(10-6-16)26-21-14-25(2,3)15-22(28)24(21)20(13-23(26)29)17-7-11-19(12-8-17)27(30)31/h5-12,20H,4,13-15H2,1-3H3. The molecule has 1 aliphatic heterocycles. The lowest BCUT2D eigenvalue weighted by Gasteiger charge is -2.43. The van der Waals surface area contributed by atoms with Crippen molar-refractivity contribution in [1.82, 2.24) is 0 Å². The van der Waals surface area contributed by atoms with Crippen molar-refractivity contribution in [1.29, 1.82) is 0 Å². The van der Waals surface area contributed by atoms with Crippen LogP contribution in [0.4, 0.5) is 11.4 Å². The molecule has 2 aliphatic rings. The van der Waals surface area contributed by atoms with Gasteiger partial charge in [0.15, 0.2) is 5.78 Å². The molecule has 4 rings (SSSR count). The van der Waals surface area contributed by atoms with Crippen LogP contribution < -0.4 is 4.90 Å². The molecule has 6 nitrogen and oxygen atoms in total. The molecule has 6 heteroatoms. The van der Waals surface area contributed by atoms with E-state index in [1.54, 1.807) is 17.0 Å². The summed E-state index contributed by atoms with van der Waals surface area (Å²) in [5, 5.41) is 11.0. The van der Waals surface area contributed by atoms with Crippen molar-refractivity contribution < 1.29 is 14.5 Å². The molecule has 0 bridgehead atoms. The molecule has 0 aromatic heterocycles. The zero-order valence-electron chi connectivity index (χ0n) is 18.1. The van der Waals surface area contributed by atoms with Gasteiger partial charge in [-0.15, -0.1) is 0 Å². The van der Waals surface area contributed by atoms with Gasteiger partial charge in [-0.05, 0) is 41.5 Å². The molecular weight excluding hydrogens is 392 g/mol. The summed E-state index contributed by atoms with van der Waals surface area (Å²) in [5.74, 6) is -0.382. The van der Waals surface area contributed by atoms with Gasteiger partial charge in [-0.2, -0.15) is 0 Å². The summed E-state index contributed by atoms with van der Waals surface area (Å²) in [6, 6.07) is 14.1. The van der Waals surface area contributed by atoms with Crippen LogP contribution in [0.5, 0.6) is 0 Å². The first-order valence-electron chi connectivity index (χ1n) is 10.6. The number of rotatable bonds is 4. The largest absolute Gasteiger partial charge is 0.294 e. The molecule has 2 aromatic carbocycles. The number of non-ortho nitro benzene ring substituents is 1. The van der Waals surface area contributed by atoms with E-state index in [0.29, 0.717) is 18.4 Å². The van der Waals surface area contributed by atoms with Crippen LogP contribution in [0.1, 0.15) is 57.1 Å². The Balaban J connectivity index is 1.83. The number of benzene rings is 2. The fourth-order valence-corrected chi connectivity index (χ4v) is 4.71. The number of hydrogen-bond acceptors (Lipinski definition) is 4. The van der Waals surface area contributed by atoms with Gasteiger partial charge in [-0.3, -0.25) is 24.6 Å². The van der Waals surface area contributed by atoms with Crippen LogP contribution in [-0.4, -0.2) is 16.6 Å². The van der Waals surface area contributed by atoms with E-state index < -0.39 is 4.92 Å². The highest BCUT2D eigenvalue weighted by molar-refractivity contribution is 6.07. The van der Waals surface area contributed by atoms with Crippen LogP contribution in [-0.2, 0) is 16.0 Å². The summed E-state index contributed by atoms with van der Waals surface area (Å²) in [4.78, 5) is 38.9. The van der Waals surface area contributed by atoms with Crippen molar-refractivity contribution in [3.63, 3.8) is 0 Å². The van der Waals surface area contributed by atoms with Gasteiger partial charge in [0.05, 0.1) is 4.92 Å². The minimum Gasteiger partial charge on any atom is -0.294 e. The topological polar surface area (TPSA) is 80.5 Å². The number of amides is 1. The highest BCUT2D eigenvalue weighted by Crippen LogP contribution is 2.48. The summed E-state index contributed by atoms with van der Waals surface area (Å²) in [6.45, 7) is 6.18. The molecule has 1 heterocycles. The van der Waals surface area contributed by atoms with Crippen LogP contribution in [0, 0.1) is 15.5 Å². The molecule has 1 unspecified atom stereocenters. The van der Waals surface area contributed by atoms with Crippen molar-refractivity contribution in [2.45, 2.75) is 52.4 Å². The summed E-state index contributed by atoms with van der Waals surface area (Å²) in [7, 11) is 0. The Morgan fingerprint density at radius 2 is 1.68 bits per heavy atom. The first-order valence-corrected chi connectivity index (χ1v) is 10.6. The minimum absolute atomic E-state index is 0.00571. The second-order valence-electron chi connectivity index (χ2n) is 9.16. The number of ketones is 1. The van der Waals surface area contributed by atoms with E-state index in [1.165, 1.54) is 17.7 Å². The number of nitro benzene ring substituents is 1. The predicted octanol–water partition coefficient (Wildman–Crippen LogP) is 5.32. The number of carbonyl (C=O) groups is 2. The summed E-state index contributed by atoms with van der Waals surface area (Å²) < 4.78 is 0. The number of aryl methyl sites for hydroxylation is 1. The second kappa shape index (κ2) is 7.76. The first kappa shape index (κ1) is 21.0. The third-order valence-corrected chi connectivity index (χ3v) is 6.25. The lowest BCUT2D eigenvalue weighted by atomic mass is 9.69. The van der Waals surface area contributed by atoms with E-state index in [-0.39, 0.29) is 35.1 Å². The number of Topliss-reactive ketones (excluding diaryl/α,β-unsaturated/α-hetero) is 1. The first-order chi connectivity index (χ1) is 14.7. The summed E-state index contributed by atoms with van der Waals surface area (Å²) in [5.41, 5.74) is 3.93. The Kier molecular flexibility index (Phi) is 5.25. The molecule has 1 amide bonds. The normalized spacial score (nSPS) is 20.6. The van der Waals surface area contributed by atoms with Crippen molar-refractivity contribution in [2.24, 2.45) is 5.41 Å². The van der Waals surface area contributed by atoms with Crippen LogP contribution in [0.3, 0.4) is 0 Å². The van der Waals surface area contributed by atoms with E-state index >= 15 is 0 Å². The van der Waals surface area contributed by atoms with E-state index in [0.717, 1.165) is 23.4 Å². The predicted molar refractivity (Wildman–Crippen MR) is 119 cm³/mol. The van der Waals surface area contributed by atoms with Crippen molar-refractivity contribution in [3.8, 4) is 0 Å². The van der Waals surface area contributed by atoms with E-state index in [9.17, 15) is 19.7 Å². The van der Waals surface area contributed by atoms with Crippen molar-refractivity contribution in [2.75, 3.05) is 4.90 Å². The van der Waals surface area contributed by atoms with Gasteiger partial charge < -0.3 is 0 Å². The Bertz CT molecular complexity index is 1080. The van der Waals surface area contributed by atoms with Gasteiger partial charge in [0.25, 0.3) is 5.69 Å². The zero-order chi connectivity index (χ0) is 22.3. The van der Waals surface area contributed by atoms with Crippen LogP contribution in [0.15, 0.2) is 59.8 Å². The van der Waals surface area contributed by atoms with E-state index in [2.05, 4.69) is 6.92 Å². The maximum absolute atomic E-state index is 13.4. The molecule has 0 spiro atoms. The monoisotopic (exact) mass is 418 g/mol. The minimum atomic E-state index is -0.448. The second-order valence-corrected chi connectivity index (χ2v) is 9.16. The average Bonchev–Trinajstić information content (AvgIpc) is 2.72. The number of hydrogen-bond donors (Lipinski definition) is 0. The molecule has 0 saturated heterocycles. The van der Waals surface area contributed by atoms with Crippen LogP contribution >= 0.6 is 0 Å². The average molecular weight is 418 g/mol. The Morgan fingerprint density at radius 1 is 1.03 bits per heavy atom. The molecule has 1 atom stereocenters. The van der Waals surface area contributed by atoms with Gasteiger partial charge in [-0.25, -0.2) is 0 Å². The Hall–Kier alpha value is -3.28. The Morgan fingerprint density at radius 3 is 2.26 bits per heavy atom. The van der Waals surface area contributed by atoms with Crippen LogP contribution in [0.25, 0.3) is 0 Å². The number of nitrogens with zero attached hydrogens (tertiary/aromatic N) is 2. The number of allylic oxidation sites excluding steroid dienone is 2. The molecule has 0 N–H and O–H groups in total. The molecule has 0 fully saturated rings. The summed E-state index contributed by atoms with van der Waals surface area (Å²) >= 11 is 0. The molecular formula is C25H26N2O4. The molecule has 160 valence electrons. The number of nitro groups is 1. The van der Waals surface area contributed by atoms with Gasteiger partial charge in [0.1, 0.15) is 0 Å². The fourth-order valence-electron chi connectivity index (χ4n) is 4.71. The molecule has 0 radical (unpaired) electrons. The highest BCUT2D eigenvalue weighted by Gasteiger charge is 2.44. The maximum Gasteiger partial charge on any atom is 0.269 e. The van der Waals surface area contributed by atoms with Crippen molar-refractivity contribution in [3.05, 3.63) is 81.0 Å². The zero-order valence-corrected chi connectivity index (χ0v) is 18.1. The SMILES string of the molecule is CCc1ccc(N2C(=O)CC(c3ccc([N+](=O)[O-])cc3)C3=C2CC(C)(C)CC3=O)cc1. The van der Waals surface area contributed by atoms with Gasteiger partial charge in [0.2, 0.25) is 5.91 Å².